The summed E-state index contributed by atoms with van der Waals surface area (Å²) in [4.78, 5) is 18.1. The van der Waals surface area contributed by atoms with Crippen LogP contribution in [0.25, 0.3) is 0 Å². The molecule has 0 unspecified atom stereocenters. The Morgan fingerprint density at radius 1 is 1.33 bits per heavy atom. The van der Waals surface area contributed by atoms with Gasteiger partial charge in [-0.3, -0.25) is 4.79 Å². The summed E-state index contributed by atoms with van der Waals surface area (Å²) in [6.07, 6.45) is 5.39. The first-order chi connectivity index (χ1) is 8.75. The Bertz CT molecular complexity index is 384. The van der Waals surface area contributed by atoms with E-state index in [1.54, 1.807) is 12.1 Å². The Morgan fingerprint density at radius 2 is 2.11 bits per heavy atom. The summed E-state index contributed by atoms with van der Waals surface area (Å²) in [5.41, 5.74) is 6.03. The predicted molar refractivity (Wildman–Crippen MR) is 71.3 cm³/mol. The fourth-order valence-electron chi connectivity index (χ4n) is 2.15. The van der Waals surface area contributed by atoms with E-state index in [0.29, 0.717) is 17.9 Å². The number of amides is 1. The standard InChI is InChI=1S/C13H20N4O/c14-12-5-4-11(10-16-12)13(18)15-6-9-17-7-2-1-3-8-17/h4-5,10H,1-3,6-9H2,(H2,14,16)(H,15,18). The second-order valence-electron chi connectivity index (χ2n) is 4.63. The van der Waals surface area contributed by atoms with Crippen LogP contribution in [0.3, 0.4) is 0 Å². The van der Waals surface area contributed by atoms with Crippen LogP contribution in [0.5, 0.6) is 0 Å². The number of carbonyl (C=O) groups excluding carboxylic acids is 1. The van der Waals surface area contributed by atoms with E-state index in [4.69, 9.17) is 5.73 Å². The zero-order chi connectivity index (χ0) is 12.8. The maximum absolute atomic E-state index is 11.8. The number of aromatic nitrogens is 1. The van der Waals surface area contributed by atoms with E-state index in [-0.39, 0.29) is 5.91 Å². The van der Waals surface area contributed by atoms with Gasteiger partial charge < -0.3 is 16.0 Å². The van der Waals surface area contributed by atoms with Gasteiger partial charge in [0, 0.05) is 19.3 Å². The van der Waals surface area contributed by atoms with E-state index in [9.17, 15) is 4.79 Å². The Morgan fingerprint density at radius 3 is 2.78 bits per heavy atom. The molecule has 1 aromatic rings. The monoisotopic (exact) mass is 248 g/mol. The number of nitrogens with two attached hydrogens (primary N) is 1. The van der Waals surface area contributed by atoms with Crippen LogP contribution in [0.2, 0.25) is 0 Å². The fraction of sp³-hybridized carbons (Fsp3) is 0.538. The fourth-order valence-corrected chi connectivity index (χ4v) is 2.15. The third kappa shape index (κ3) is 3.70. The molecule has 3 N–H and O–H groups in total. The topological polar surface area (TPSA) is 71.2 Å². The van der Waals surface area contributed by atoms with Crippen molar-refractivity contribution in [2.75, 3.05) is 31.9 Å². The van der Waals surface area contributed by atoms with Gasteiger partial charge in [0.2, 0.25) is 0 Å². The third-order valence-electron chi connectivity index (χ3n) is 3.21. The summed E-state index contributed by atoms with van der Waals surface area (Å²) < 4.78 is 0. The molecule has 0 atom stereocenters. The highest BCUT2D eigenvalue weighted by Gasteiger charge is 2.10. The molecule has 0 bridgehead atoms. The largest absolute Gasteiger partial charge is 0.384 e. The summed E-state index contributed by atoms with van der Waals surface area (Å²) in [5, 5.41) is 2.90. The summed E-state index contributed by atoms with van der Waals surface area (Å²) in [6.45, 7) is 3.91. The Labute approximate surface area is 107 Å². The normalized spacial score (nSPS) is 16.4. The number of pyridine rings is 1. The van der Waals surface area contributed by atoms with Gasteiger partial charge in [-0.1, -0.05) is 6.42 Å². The minimum absolute atomic E-state index is 0.0838. The first kappa shape index (κ1) is 12.8. The highest BCUT2D eigenvalue weighted by Crippen LogP contribution is 2.07. The minimum Gasteiger partial charge on any atom is -0.384 e. The van der Waals surface area contributed by atoms with Crippen LogP contribution in [0.15, 0.2) is 18.3 Å². The molecule has 0 spiro atoms. The number of piperidine rings is 1. The van der Waals surface area contributed by atoms with E-state index in [0.717, 1.165) is 19.6 Å². The van der Waals surface area contributed by atoms with Crippen molar-refractivity contribution in [2.24, 2.45) is 0 Å². The molecule has 0 aromatic carbocycles. The van der Waals surface area contributed by atoms with Gasteiger partial charge in [-0.2, -0.15) is 0 Å². The number of hydrogen-bond acceptors (Lipinski definition) is 4. The molecule has 18 heavy (non-hydrogen) atoms. The maximum Gasteiger partial charge on any atom is 0.252 e. The number of likely N-dealkylation sites (tertiary alicyclic amines) is 1. The van der Waals surface area contributed by atoms with Crippen molar-refractivity contribution < 1.29 is 4.79 Å². The summed E-state index contributed by atoms with van der Waals surface area (Å²) in [6, 6.07) is 3.33. The summed E-state index contributed by atoms with van der Waals surface area (Å²) in [7, 11) is 0. The van der Waals surface area contributed by atoms with Crippen LogP contribution >= 0.6 is 0 Å². The van der Waals surface area contributed by atoms with Crippen LogP contribution in [-0.4, -0.2) is 42.0 Å². The Hall–Kier alpha value is -1.62. The van der Waals surface area contributed by atoms with Crippen molar-refractivity contribution in [3.8, 4) is 0 Å². The number of hydrogen-bond donors (Lipinski definition) is 2. The van der Waals surface area contributed by atoms with E-state index < -0.39 is 0 Å². The second kappa shape index (κ2) is 6.35. The second-order valence-corrected chi connectivity index (χ2v) is 4.63. The van der Waals surface area contributed by atoms with Gasteiger partial charge >= 0.3 is 0 Å². The number of rotatable bonds is 4. The zero-order valence-corrected chi connectivity index (χ0v) is 10.6. The third-order valence-corrected chi connectivity index (χ3v) is 3.21. The van der Waals surface area contributed by atoms with Gasteiger partial charge in [0.05, 0.1) is 5.56 Å². The van der Waals surface area contributed by atoms with Gasteiger partial charge in [0.25, 0.3) is 5.91 Å². The molecule has 1 aliphatic heterocycles. The lowest BCUT2D eigenvalue weighted by Crippen LogP contribution is -2.37. The molecule has 0 saturated carbocycles. The SMILES string of the molecule is Nc1ccc(C(=O)NCCN2CCCCC2)cn1. The molecule has 0 radical (unpaired) electrons. The van der Waals surface area contributed by atoms with Gasteiger partial charge in [-0.05, 0) is 38.1 Å². The Balaban J connectivity index is 1.72. The van der Waals surface area contributed by atoms with E-state index >= 15 is 0 Å². The van der Waals surface area contributed by atoms with Crippen molar-refractivity contribution in [3.05, 3.63) is 23.9 Å². The van der Waals surface area contributed by atoms with E-state index in [2.05, 4.69) is 15.2 Å². The van der Waals surface area contributed by atoms with Gasteiger partial charge in [0.1, 0.15) is 5.82 Å². The van der Waals surface area contributed by atoms with Crippen molar-refractivity contribution in [1.29, 1.82) is 0 Å². The first-order valence-electron chi connectivity index (χ1n) is 6.48. The molecule has 1 fully saturated rings. The number of nitrogens with one attached hydrogen (secondary N) is 1. The molecular weight excluding hydrogens is 228 g/mol. The molecule has 1 saturated heterocycles. The average molecular weight is 248 g/mol. The van der Waals surface area contributed by atoms with Gasteiger partial charge in [0.15, 0.2) is 0 Å². The lowest BCUT2D eigenvalue weighted by Gasteiger charge is -2.26. The predicted octanol–water partition coefficient (Wildman–Crippen LogP) is 0.879. The lowest BCUT2D eigenvalue weighted by atomic mass is 10.1. The molecule has 2 rings (SSSR count). The Kier molecular flexibility index (Phi) is 4.52. The number of carbonyl (C=O) groups is 1. The maximum atomic E-state index is 11.8. The van der Waals surface area contributed by atoms with Crippen molar-refractivity contribution >= 4 is 11.7 Å². The molecule has 98 valence electrons. The molecule has 5 nitrogen and oxygen atoms in total. The van der Waals surface area contributed by atoms with Crippen LogP contribution in [-0.2, 0) is 0 Å². The number of nitrogens with zero attached hydrogens (tertiary/aromatic N) is 2. The molecule has 1 aromatic heterocycles. The molecule has 5 heteroatoms. The highest BCUT2D eigenvalue weighted by atomic mass is 16.1. The first-order valence-corrected chi connectivity index (χ1v) is 6.48. The smallest absolute Gasteiger partial charge is 0.252 e. The minimum atomic E-state index is -0.0838. The van der Waals surface area contributed by atoms with E-state index in [1.165, 1.54) is 25.5 Å². The summed E-state index contributed by atoms with van der Waals surface area (Å²) >= 11 is 0. The zero-order valence-electron chi connectivity index (χ0n) is 10.6. The van der Waals surface area contributed by atoms with Crippen LogP contribution in [0.4, 0.5) is 5.82 Å². The molecular formula is C13H20N4O. The number of anilines is 1. The lowest BCUT2D eigenvalue weighted by molar-refractivity contribution is 0.0946. The van der Waals surface area contributed by atoms with Crippen molar-refractivity contribution in [3.63, 3.8) is 0 Å². The van der Waals surface area contributed by atoms with Crippen LogP contribution in [0, 0.1) is 0 Å². The summed E-state index contributed by atoms with van der Waals surface area (Å²) in [5.74, 6) is 0.347. The molecule has 2 heterocycles. The van der Waals surface area contributed by atoms with Crippen molar-refractivity contribution in [1.82, 2.24) is 15.2 Å². The molecule has 1 amide bonds. The molecule has 1 aliphatic rings. The van der Waals surface area contributed by atoms with Gasteiger partial charge in [-0.15, -0.1) is 0 Å². The van der Waals surface area contributed by atoms with Crippen LogP contribution in [0.1, 0.15) is 29.6 Å². The molecule has 0 aliphatic carbocycles. The van der Waals surface area contributed by atoms with Crippen LogP contribution < -0.4 is 11.1 Å². The van der Waals surface area contributed by atoms with E-state index in [1.807, 2.05) is 0 Å². The average Bonchev–Trinajstić information content (AvgIpc) is 2.40. The van der Waals surface area contributed by atoms with Gasteiger partial charge in [-0.25, -0.2) is 4.98 Å². The van der Waals surface area contributed by atoms with Crippen molar-refractivity contribution in [2.45, 2.75) is 19.3 Å². The highest BCUT2D eigenvalue weighted by molar-refractivity contribution is 5.93. The number of nitrogen functional groups attached to an aromatic ring is 1. The quantitative estimate of drug-likeness (QED) is 0.829.